The van der Waals surface area contributed by atoms with Crippen LogP contribution in [0.1, 0.15) is 33.6 Å². The SMILES string of the molecule is CC(C)(C)OC(=O)NCCOCCNC(=O)C(N)CCCN. The van der Waals surface area contributed by atoms with Crippen LogP contribution in [0.2, 0.25) is 0 Å². The predicted molar refractivity (Wildman–Crippen MR) is 84.3 cm³/mol. The van der Waals surface area contributed by atoms with Crippen LogP contribution in [0.5, 0.6) is 0 Å². The molecule has 0 spiro atoms. The molecule has 1 atom stereocenters. The third-order valence-corrected chi connectivity index (χ3v) is 2.52. The first-order valence-electron chi connectivity index (χ1n) is 7.54. The topological polar surface area (TPSA) is 129 Å². The van der Waals surface area contributed by atoms with Crippen molar-refractivity contribution in [3.63, 3.8) is 0 Å². The summed E-state index contributed by atoms with van der Waals surface area (Å²) in [4.78, 5) is 22.9. The van der Waals surface area contributed by atoms with Crippen LogP contribution in [-0.2, 0) is 14.3 Å². The molecule has 0 aromatic carbocycles. The number of nitrogens with two attached hydrogens (primary N) is 2. The first-order chi connectivity index (χ1) is 10.3. The Morgan fingerprint density at radius 1 is 1.14 bits per heavy atom. The van der Waals surface area contributed by atoms with Crippen LogP contribution < -0.4 is 22.1 Å². The van der Waals surface area contributed by atoms with Gasteiger partial charge in [0.15, 0.2) is 0 Å². The van der Waals surface area contributed by atoms with Gasteiger partial charge in [-0.15, -0.1) is 0 Å². The van der Waals surface area contributed by atoms with Crippen molar-refractivity contribution in [2.24, 2.45) is 11.5 Å². The molecule has 0 bridgehead atoms. The molecule has 8 heteroatoms. The van der Waals surface area contributed by atoms with Crippen molar-refractivity contribution in [3.05, 3.63) is 0 Å². The lowest BCUT2D eigenvalue weighted by Gasteiger charge is -2.19. The molecular weight excluding hydrogens is 288 g/mol. The van der Waals surface area contributed by atoms with Crippen LogP contribution in [0.15, 0.2) is 0 Å². The zero-order valence-corrected chi connectivity index (χ0v) is 13.8. The van der Waals surface area contributed by atoms with Crippen LogP contribution in [0, 0.1) is 0 Å². The number of carbonyl (C=O) groups is 2. The van der Waals surface area contributed by atoms with Crippen LogP contribution in [0.3, 0.4) is 0 Å². The molecule has 8 nitrogen and oxygen atoms in total. The average Bonchev–Trinajstić information content (AvgIpc) is 2.41. The van der Waals surface area contributed by atoms with Gasteiger partial charge < -0.3 is 31.6 Å². The minimum absolute atomic E-state index is 0.205. The quantitative estimate of drug-likeness (QED) is 0.410. The molecule has 1 unspecified atom stereocenters. The van der Waals surface area contributed by atoms with Gasteiger partial charge in [0.05, 0.1) is 19.3 Å². The van der Waals surface area contributed by atoms with Crippen molar-refractivity contribution >= 4 is 12.0 Å². The number of ether oxygens (including phenoxy) is 2. The summed E-state index contributed by atoms with van der Waals surface area (Å²) in [7, 11) is 0. The molecule has 0 aliphatic heterocycles. The maximum absolute atomic E-state index is 11.6. The summed E-state index contributed by atoms with van der Waals surface area (Å²) in [6.45, 7) is 7.33. The van der Waals surface area contributed by atoms with Gasteiger partial charge in [0.25, 0.3) is 0 Å². The van der Waals surface area contributed by atoms with Crippen molar-refractivity contribution in [3.8, 4) is 0 Å². The Balaban J connectivity index is 3.50. The zero-order valence-electron chi connectivity index (χ0n) is 13.8. The molecule has 0 aromatic heterocycles. The minimum atomic E-state index is -0.530. The fourth-order valence-electron chi connectivity index (χ4n) is 1.49. The fourth-order valence-corrected chi connectivity index (χ4v) is 1.49. The van der Waals surface area contributed by atoms with E-state index in [1.807, 2.05) is 0 Å². The summed E-state index contributed by atoms with van der Waals surface area (Å²) in [6, 6.07) is -0.530. The van der Waals surface area contributed by atoms with Gasteiger partial charge in [0, 0.05) is 13.1 Å². The van der Waals surface area contributed by atoms with Crippen LogP contribution in [0.4, 0.5) is 4.79 Å². The summed E-state index contributed by atoms with van der Waals surface area (Å²) in [5.41, 5.74) is 10.5. The van der Waals surface area contributed by atoms with E-state index in [1.54, 1.807) is 20.8 Å². The number of amides is 2. The number of nitrogens with one attached hydrogen (secondary N) is 2. The molecule has 0 aliphatic rings. The first kappa shape index (κ1) is 20.6. The van der Waals surface area contributed by atoms with E-state index >= 15 is 0 Å². The molecule has 0 heterocycles. The lowest BCUT2D eigenvalue weighted by atomic mass is 10.1. The highest BCUT2D eigenvalue weighted by Gasteiger charge is 2.15. The Kier molecular flexibility index (Phi) is 10.5. The molecule has 0 saturated carbocycles. The summed E-state index contributed by atoms with van der Waals surface area (Å²) in [6.07, 6.45) is 0.819. The lowest BCUT2D eigenvalue weighted by Crippen LogP contribution is -2.42. The minimum Gasteiger partial charge on any atom is -0.444 e. The van der Waals surface area contributed by atoms with Gasteiger partial charge in [-0.3, -0.25) is 4.79 Å². The van der Waals surface area contributed by atoms with Gasteiger partial charge in [0.2, 0.25) is 5.91 Å². The Labute approximate surface area is 132 Å². The Morgan fingerprint density at radius 2 is 1.73 bits per heavy atom. The van der Waals surface area contributed by atoms with Gasteiger partial charge >= 0.3 is 6.09 Å². The highest BCUT2D eigenvalue weighted by Crippen LogP contribution is 2.05. The normalized spacial score (nSPS) is 12.6. The smallest absolute Gasteiger partial charge is 0.407 e. The zero-order chi connectivity index (χ0) is 17.0. The molecule has 0 saturated heterocycles. The third-order valence-electron chi connectivity index (χ3n) is 2.52. The Morgan fingerprint density at radius 3 is 2.27 bits per heavy atom. The van der Waals surface area contributed by atoms with E-state index in [0.29, 0.717) is 39.3 Å². The maximum Gasteiger partial charge on any atom is 0.407 e. The second-order valence-electron chi connectivity index (χ2n) is 5.87. The number of alkyl carbamates (subject to hydrolysis) is 1. The standard InChI is InChI=1S/C14H30N4O4/c1-14(2,3)22-13(20)18-8-10-21-9-7-17-12(19)11(16)5-4-6-15/h11H,4-10,15-16H2,1-3H3,(H,17,19)(H,18,20). The summed E-state index contributed by atoms with van der Waals surface area (Å²) in [5, 5.41) is 5.26. The van der Waals surface area contributed by atoms with Crippen LogP contribution in [0.25, 0.3) is 0 Å². The molecule has 22 heavy (non-hydrogen) atoms. The van der Waals surface area contributed by atoms with Crippen molar-refractivity contribution in [2.75, 3.05) is 32.8 Å². The van der Waals surface area contributed by atoms with Gasteiger partial charge in [-0.05, 0) is 40.2 Å². The largest absolute Gasteiger partial charge is 0.444 e. The molecule has 0 radical (unpaired) electrons. The summed E-state index contributed by atoms with van der Waals surface area (Å²) < 4.78 is 10.3. The van der Waals surface area contributed by atoms with Crippen molar-refractivity contribution in [1.29, 1.82) is 0 Å². The highest BCUT2D eigenvalue weighted by atomic mass is 16.6. The summed E-state index contributed by atoms with van der Waals surface area (Å²) >= 11 is 0. The Hall–Kier alpha value is -1.38. The molecule has 0 rings (SSSR count). The second kappa shape index (κ2) is 11.2. The van der Waals surface area contributed by atoms with E-state index in [1.165, 1.54) is 0 Å². The first-order valence-corrected chi connectivity index (χ1v) is 7.54. The van der Waals surface area contributed by atoms with Gasteiger partial charge in [-0.2, -0.15) is 0 Å². The Bertz CT molecular complexity index is 331. The molecule has 2 amide bonds. The third kappa shape index (κ3) is 12.4. The van der Waals surface area contributed by atoms with E-state index < -0.39 is 17.7 Å². The van der Waals surface area contributed by atoms with E-state index in [9.17, 15) is 9.59 Å². The lowest BCUT2D eigenvalue weighted by molar-refractivity contribution is -0.122. The number of rotatable bonds is 10. The van der Waals surface area contributed by atoms with Gasteiger partial charge in [-0.1, -0.05) is 0 Å². The molecular formula is C14H30N4O4. The van der Waals surface area contributed by atoms with E-state index in [4.69, 9.17) is 20.9 Å². The van der Waals surface area contributed by atoms with Crippen molar-refractivity contribution in [2.45, 2.75) is 45.3 Å². The van der Waals surface area contributed by atoms with Crippen LogP contribution >= 0.6 is 0 Å². The van der Waals surface area contributed by atoms with E-state index in [0.717, 1.165) is 6.42 Å². The van der Waals surface area contributed by atoms with E-state index in [-0.39, 0.29) is 5.91 Å². The maximum atomic E-state index is 11.6. The average molecular weight is 318 g/mol. The number of hydrogen-bond donors (Lipinski definition) is 4. The summed E-state index contributed by atoms with van der Waals surface area (Å²) in [5.74, 6) is -0.205. The van der Waals surface area contributed by atoms with Crippen LogP contribution in [-0.4, -0.2) is 56.5 Å². The second-order valence-corrected chi connectivity index (χ2v) is 5.87. The van der Waals surface area contributed by atoms with E-state index in [2.05, 4.69) is 10.6 Å². The number of carbonyl (C=O) groups excluding carboxylic acids is 2. The molecule has 0 fully saturated rings. The van der Waals surface area contributed by atoms with Gasteiger partial charge in [0.1, 0.15) is 5.60 Å². The molecule has 130 valence electrons. The molecule has 6 N–H and O–H groups in total. The van der Waals surface area contributed by atoms with Gasteiger partial charge in [-0.25, -0.2) is 4.79 Å². The molecule has 0 aliphatic carbocycles. The number of hydrogen-bond acceptors (Lipinski definition) is 6. The van der Waals surface area contributed by atoms with Crippen molar-refractivity contribution < 1.29 is 19.1 Å². The van der Waals surface area contributed by atoms with Crippen molar-refractivity contribution in [1.82, 2.24) is 10.6 Å². The highest BCUT2D eigenvalue weighted by molar-refractivity contribution is 5.81. The monoisotopic (exact) mass is 318 g/mol. The predicted octanol–water partition coefficient (Wildman–Crippen LogP) is -0.290. The fraction of sp³-hybridized carbons (Fsp3) is 0.857. The molecule has 0 aromatic rings.